The van der Waals surface area contributed by atoms with Gasteiger partial charge in [-0.1, -0.05) is 30.7 Å². The smallest absolute Gasteiger partial charge is 0.223 e. The Kier molecular flexibility index (Phi) is 3.69. The van der Waals surface area contributed by atoms with Gasteiger partial charge in [0.05, 0.1) is 6.04 Å². The molecule has 3 heteroatoms. The molecule has 0 aliphatic heterocycles. The van der Waals surface area contributed by atoms with Crippen molar-refractivity contribution in [3.05, 3.63) is 35.4 Å². The summed E-state index contributed by atoms with van der Waals surface area (Å²) in [6, 6.07) is 9.70. The summed E-state index contributed by atoms with van der Waals surface area (Å²) in [5, 5.41) is 0. The van der Waals surface area contributed by atoms with Crippen LogP contribution >= 0.6 is 0 Å². The molecule has 3 nitrogen and oxygen atoms in total. The second-order valence-electron chi connectivity index (χ2n) is 7.34. The molecule has 3 aliphatic rings. The Bertz CT molecular complexity index is 566. The fourth-order valence-corrected chi connectivity index (χ4v) is 4.46. The zero-order valence-corrected chi connectivity index (χ0v) is 13.2. The summed E-state index contributed by atoms with van der Waals surface area (Å²) in [5.74, 6) is 0.761. The van der Waals surface area contributed by atoms with Crippen molar-refractivity contribution < 1.29 is 4.79 Å². The third kappa shape index (κ3) is 2.56. The van der Waals surface area contributed by atoms with Crippen LogP contribution in [0.25, 0.3) is 0 Å². The molecule has 0 heterocycles. The molecule has 1 aromatic rings. The van der Waals surface area contributed by atoms with Crippen LogP contribution in [0.3, 0.4) is 0 Å². The number of fused-ring (bicyclic) bond motifs is 1. The van der Waals surface area contributed by atoms with Crippen LogP contribution in [0.15, 0.2) is 24.3 Å². The van der Waals surface area contributed by atoms with E-state index in [4.69, 9.17) is 5.73 Å². The Morgan fingerprint density at radius 1 is 1.14 bits per heavy atom. The van der Waals surface area contributed by atoms with E-state index in [0.29, 0.717) is 30.3 Å². The van der Waals surface area contributed by atoms with Crippen molar-refractivity contribution in [3.8, 4) is 0 Å². The van der Waals surface area contributed by atoms with Gasteiger partial charge >= 0.3 is 0 Å². The average molecular weight is 298 g/mol. The summed E-state index contributed by atoms with van der Waals surface area (Å²) in [5.41, 5.74) is 9.00. The molecule has 0 saturated heterocycles. The van der Waals surface area contributed by atoms with Crippen molar-refractivity contribution in [3.63, 3.8) is 0 Å². The maximum absolute atomic E-state index is 13.0. The number of nitrogens with zero attached hydrogens (tertiary/aromatic N) is 1. The number of carbonyl (C=O) groups excluding carboxylic acids is 1. The van der Waals surface area contributed by atoms with Gasteiger partial charge in [-0.25, -0.2) is 0 Å². The third-order valence-electron chi connectivity index (χ3n) is 5.82. The van der Waals surface area contributed by atoms with Crippen LogP contribution in [0.5, 0.6) is 0 Å². The number of nitrogens with two attached hydrogens (primary N) is 1. The van der Waals surface area contributed by atoms with E-state index in [2.05, 4.69) is 29.2 Å². The van der Waals surface area contributed by atoms with Crippen LogP contribution in [0.1, 0.15) is 62.1 Å². The molecule has 0 aromatic heterocycles. The first kappa shape index (κ1) is 14.3. The molecule has 22 heavy (non-hydrogen) atoms. The third-order valence-corrected chi connectivity index (χ3v) is 5.82. The Morgan fingerprint density at radius 3 is 2.68 bits per heavy atom. The van der Waals surface area contributed by atoms with Crippen molar-refractivity contribution in [1.29, 1.82) is 0 Å². The molecule has 3 atom stereocenters. The van der Waals surface area contributed by atoms with Gasteiger partial charge in [-0.05, 0) is 55.6 Å². The van der Waals surface area contributed by atoms with Crippen LogP contribution in [0, 0.1) is 5.92 Å². The Labute approximate surface area is 132 Å². The molecule has 0 bridgehead atoms. The van der Waals surface area contributed by atoms with Crippen molar-refractivity contribution in [2.24, 2.45) is 11.7 Å². The van der Waals surface area contributed by atoms with E-state index < -0.39 is 0 Å². The number of carbonyl (C=O) groups is 1. The number of amides is 1. The zero-order chi connectivity index (χ0) is 15.1. The lowest BCUT2D eigenvalue weighted by molar-refractivity contribution is -0.135. The van der Waals surface area contributed by atoms with Crippen LogP contribution in [0.2, 0.25) is 0 Å². The minimum absolute atomic E-state index is 0.237. The molecular weight excluding hydrogens is 272 g/mol. The molecule has 1 unspecified atom stereocenters. The summed E-state index contributed by atoms with van der Waals surface area (Å²) in [7, 11) is 0. The summed E-state index contributed by atoms with van der Waals surface area (Å²) in [6.45, 7) is 0. The predicted octanol–water partition coefficient (Wildman–Crippen LogP) is 3.18. The van der Waals surface area contributed by atoms with E-state index in [1.165, 1.54) is 30.4 Å². The molecular formula is C19H26N2O. The Balaban J connectivity index is 1.53. The van der Waals surface area contributed by atoms with E-state index in [1.807, 2.05) is 0 Å². The second-order valence-corrected chi connectivity index (χ2v) is 7.34. The summed E-state index contributed by atoms with van der Waals surface area (Å²) in [6.07, 6.45) is 8.65. The monoisotopic (exact) mass is 298 g/mol. The highest BCUT2D eigenvalue weighted by Gasteiger charge is 2.41. The van der Waals surface area contributed by atoms with Crippen molar-refractivity contribution in [2.45, 2.75) is 69.5 Å². The minimum Gasteiger partial charge on any atom is -0.333 e. The number of benzene rings is 1. The SMILES string of the molecule is N[C@@H]1CCC[C@H]1CC(=O)N(C1CC1)C1CCc2ccccc21. The highest BCUT2D eigenvalue weighted by atomic mass is 16.2. The Morgan fingerprint density at radius 2 is 1.95 bits per heavy atom. The normalized spacial score (nSPS) is 30.3. The van der Waals surface area contributed by atoms with Gasteiger partial charge in [-0.15, -0.1) is 0 Å². The molecule has 0 spiro atoms. The van der Waals surface area contributed by atoms with Gasteiger partial charge in [0.15, 0.2) is 0 Å². The Hall–Kier alpha value is -1.35. The summed E-state index contributed by atoms with van der Waals surface area (Å²) < 4.78 is 0. The first-order valence-electron chi connectivity index (χ1n) is 8.88. The molecule has 1 aromatic carbocycles. The fourth-order valence-electron chi connectivity index (χ4n) is 4.46. The first-order chi connectivity index (χ1) is 10.7. The van der Waals surface area contributed by atoms with E-state index in [-0.39, 0.29) is 6.04 Å². The fraction of sp³-hybridized carbons (Fsp3) is 0.632. The summed E-state index contributed by atoms with van der Waals surface area (Å²) in [4.78, 5) is 15.2. The molecule has 1 amide bonds. The zero-order valence-electron chi connectivity index (χ0n) is 13.2. The van der Waals surface area contributed by atoms with Gasteiger partial charge in [0.1, 0.15) is 0 Å². The maximum atomic E-state index is 13.0. The number of aryl methyl sites for hydroxylation is 1. The average Bonchev–Trinajstić information content (AvgIpc) is 3.14. The molecule has 2 fully saturated rings. The number of hydrogen-bond donors (Lipinski definition) is 1. The molecule has 0 radical (unpaired) electrons. The van der Waals surface area contributed by atoms with E-state index in [0.717, 1.165) is 25.7 Å². The van der Waals surface area contributed by atoms with Crippen molar-refractivity contribution in [2.75, 3.05) is 0 Å². The van der Waals surface area contributed by atoms with Crippen LogP contribution in [-0.2, 0) is 11.2 Å². The summed E-state index contributed by atoms with van der Waals surface area (Å²) >= 11 is 0. The van der Waals surface area contributed by atoms with Crippen molar-refractivity contribution in [1.82, 2.24) is 4.90 Å². The standard InChI is InChI=1S/C19H26N2O/c20-17-7-3-5-14(17)12-19(22)21(15-9-10-15)18-11-8-13-4-1-2-6-16(13)18/h1-2,4,6,14-15,17-18H,3,5,7-12,20H2/t14-,17+,18?/m0/s1. The lowest BCUT2D eigenvalue weighted by Crippen LogP contribution is -2.38. The number of hydrogen-bond acceptors (Lipinski definition) is 2. The number of rotatable bonds is 4. The van der Waals surface area contributed by atoms with Gasteiger partial charge in [0, 0.05) is 18.5 Å². The molecule has 118 valence electrons. The van der Waals surface area contributed by atoms with E-state index in [1.54, 1.807) is 0 Å². The molecule has 2 N–H and O–H groups in total. The predicted molar refractivity (Wildman–Crippen MR) is 87.3 cm³/mol. The van der Waals surface area contributed by atoms with Gasteiger partial charge in [-0.2, -0.15) is 0 Å². The molecule has 4 rings (SSSR count). The lowest BCUT2D eigenvalue weighted by atomic mass is 9.98. The maximum Gasteiger partial charge on any atom is 0.223 e. The van der Waals surface area contributed by atoms with Gasteiger partial charge in [0.25, 0.3) is 0 Å². The van der Waals surface area contributed by atoms with Crippen LogP contribution in [-0.4, -0.2) is 22.9 Å². The lowest BCUT2D eigenvalue weighted by Gasteiger charge is -2.31. The topological polar surface area (TPSA) is 46.3 Å². The van der Waals surface area contributed by atoms with E-state index >= 15 is 0 Å². The first-order valence-corrected chi connectivity index (χ1v) is 8.88. The molecule has 3 aliphatic carbocycles. The van der Waals surface area contributed by atoms with Crippen molar-refractivity contribution >= 4 is 5.91 Å². The van der Waals surface area contributed by atoms with Gasteiger partial charge in [-0.3, -0.25) is 4.79 Å². The second kappa shape index (κ2) is 5.69. The quantitative estimate of drug-likeness (QED) is 0.928. The van der Waals surface area contributed by atoms with E-state index in [9.17, 15) is 4.79 Å². The highest BCUT2D eigenvalue weighted by Crippen LogP contribution is 2.42. The largest absolute Gasteiger partial charge is 0.333 e. The van der Waals surface area contributed by atoms with Gasteiger partial charge in [0.2, 0.25) is 5.91 Å². The van der Waals surface area contributed by atoms with Crippen LogP contribution < -0.4 is 5.73 Å². The van der Waals surface area contributed by atoms with Crippen LogP contribution in [0.4, 0.5) is 0 Å². The minimum atomic E-state index is 0.237. The molecule has 2 saturated carbocycles. The highest BCUT2D eigenvalue weighted by molar-refractivity contribution is 5.78. The van der Waals surface area contributed by atoms with Gasteiger partial charge < -0.3 is 10.6 Å².